The molecule has 0 fully saturated rings. The molecule has 2 aromatic carbocycles. The third kappa shape index (κ3) is 11.4. The first-order chi connectivity index (χ1) is 17.7. The highest BCUT2D eigenvalue weighted by Gasteiger charge is 2.21. The maximum absolute atomic E-state index is 11.7. The number of aliphatic hydroxyl groups is 1. The molecule has 0 radical (unpaired) electrons. The molecule has 1 N–H and O–H groups in total. The number of benzene rings is 2. The van der Waals surface area contributed by atoms with E-state index < -0.39 is 30.3 Å². The van der Waals surface area contributed by atoms with Gasteiger partial charge in [-0.15, -0.1) is 0 Å². The maximum Gasteiger partial charge on any atom is 0.347 e. The van der Waals surface area contributed by atoms with Crippen LogP contribution in [0.3, 0.4) is 0 Å². The molecule has 0 heterocycles. The summed E-state index contributed by atoms with van der Waals surface area (Å²) >= 11 is 35.2. The average molecular weight is 653 g/mol. The molecule has 0 saturated heterocycles. The average Bonchev–Trinajstić information content (AvgIpc) is 2.85. The van der Waals surface area contributed by atoms with Gasteiger partial charge < -0.3 is 24.1 Å². The largest absolute Gasteiger partial charge is 0.477 e. The lowest BCUT2D eigenvalue weighted by Crippen LogP contribution is -2.30. The van der Waals surface area contributed by atoms with Crippen molar-refractivity contribution < 1.29 is 33.6 Å². The standard InChI is InChI=1S/C13H15Cl3O3.C12H13Cl3O4/c1-4-7(2)18-13(17)8(3)19-12-6-10(15)9(14)5-11(12)16;1-6(5-16)18-12(17)7(2)19-11-4-9(14)8(13)3-10(11)15/h5-8H,4H2,1-3H3;3-4,6-7,16H,5H2,1-2H3. The predicted molar refractivity (Wildman–Crippen MR) is 152 cm³/mol. The Bertz CT molecular complexity index is 1010. The smallest absolute Gasteiger partial charge is 0.347 e. The van der Waals surface area contributed by atoms with E-state index in [1.807, 2.05) is 13.8 Å². The second-order valence-electron chi connectivity index (χ2n) is 8.00. The lowest BCUT2D eigenvalue weighted by Gasteiger charge is -2.18. The van der Waals surface area contributed by atoms with E-state index >= 15 is 0 Å². The minimum atomic E-state index is -0.885. The van der Waals surface area contributed by atoms with Crippen molar-refractivity contribution in [2.45, 2.75) is 65.5 Å². The van der Waals surface area contributed by atoms with Crippen LogP contribution in [0.15, 0.2) is 24.3 Å². The fourth-order valence-corrected chi connectivity index (χ4v) is 3.54. The zero-order valence-corrected chi connectivity index (χ0v) is 25.7. The molecule has 212 valence electrons. The van der Waals surface area contributed by atoms with Crippen LogP contribution in [0.4, 0.5) is 0 Å². The van der Waals surface area contributed by atoms with Crippen LogP contribution in [-0.4, -0.2) is 48.1 Å². The van der Waals surface area contributed by atoms with Gasteiger partial charge in [-0.25, -0.2) is 9.59 Å². The van der Waals surface area contributed by atoms with Gasteiger partial charge in [-0.2, -0.15) is 0 Å². The number of halogens is 6. The van der Waals surface area contributed by atoms with Crippen molar-refractivity contribution in [2.24, 2.45) is 0 Å². The van der Waals surface area contributed by atoms with Gasteiger partial charge in [0.25, 0.3) is 0 Å². The van der Waals surface area contributed by atoms with Gasteiger partial charge in [0.2, 0.25) is 0 Å². The number of hydrogen-bond donors (Lipinski definition) is 1. The summed E-state index contributed by atoms with van der Waals surface area (Å²) in [5, 5.41) is 10.5. The molecule has 0 spiro atoms. The zero-order valence-electron chi connectivity index (χ0n) is 21.2. The monoisotopic (exact) mass is 650 g/mol. The van der Waals surface area contributed by atoms with E-state index in [2.05, 4.69) is 0 Å². The van der Waals surface area contributed by atoms with Crippen LogP contribution in [-0.2, 0) is 19.1 Å². The molecule has 0 amide bonds. The van der Waals surface area contributed by atoms with E-state index in [1.54, 1.807) is 13.8 Å². The highest BCUT2D eigenvalue weighted by atomic mass is 35.5. The quantitative estimate of drug-likeness (QED) is 0.205. The summed E-state index contributed by atoms with van der Waals surface area (Å²) in [5.74, 6) is -0.526. The molecule has 0 aliphatic rings. The highest BCUT2D eigenvalue weighted by molar-refractivity contribution is 6.44. The molecule has 7 nitrogen and oxygen atoms in total. The van der Waals surface area contributed by atoms with E-state index in [1.165, 1.54) is 31.2 Å². The minimum Gasteiger partial charge on any atom is -0.477 e. The summed E-state index contributed by atoms with van der Waals surface area (Å²) in [6, 6.07) is 5.79. The molecule has 4 atom stereocenters. The summed E-state index contributed by atoms with van der Waals surface area (Å²) in [5.41, 5.74) is 0. The number of rotatable bonds is 10. The Labute approximate surface area is 252 Å². The SMILES string of the molecule is CC(CO)OC(=O)C(C)Oc1cc(Cl)c(Cl)cc1Cl.CCC(C)OC(=O)C(C)Oc1cc(Cl)c(Cl)cc1Cl. The number of ether oxygens (including phenoxy) is 4. The zero-order chi connectivity index (χ0) is 29.2. The molecule has 0 aromatic heterocycles. The molecule has 0 bridgehead atoms. The molecule has 2 rings (SSSR count). The number of aliphatic hydroxyl groups excluding tert-OH is 1. The Kier molecular flexibility index (Phi) is 15.3. The van der Waals surface area contributed by atoms with Crippen LogP contribution >= 0.6 is 69.6 Å². The Hall–Kier alpha value is -1.32. The molecular formula is C25H28Cl6O7. The molecule has 0 saturated carbocycles. The van der Waals surface area contributed by atoms with Crippen molar-refractivity contribution in [3.8, 4) is 11.5 Å². The number of carbonyl (C=O) groups excluding carboxylic acids is 2. The first-order valence-electron chi connectivity index (χ1n) is 11.3. The maximum atomic E-state index is 11.7. The van der Waals surface area contributed by atoms with Gasteiger partial charge in [0.15, 0.2) is 12.2 Å². The first-order valence-corrected chi connectivity index (χ1v) is 13.6. The second kappa shape index (κ2) is 16.7. The van der Waals surface area contributed by atoms with E-state index in [-0.39, 0.29) is 33.5 Å². The van der Waals surface area contributed by atoms with Gasteiger partial charge in [-0.3, -0.25) is 0 Å². The molecule has 38 heavy (non-hydrogen) atoms. The summed E-state index contributed by atoms with van der Waals surface area (Å²) in [6.45, 7) is 8.15. The van der Waals surface area contributed by atoms with Crippen LogP contribution < -0.4 is 9.47 Å². The van der Waals surface area contributed by atoms with Crippen molar-refractivity contribution in [3.63, 3.8) is 0 Å². The van der Waals surface area contributed by atoms with Crippen LogP contribution in [0.5, 0.6) is 11.5 Å². The van der Waals surface area contributed by atoms with Crippen molar-refractivity contribution in [1.29, 1.82) is 0 Å². The fraction of sp³-hybridized carbons (Fsp3) is 0.440. The first kappa shape index (κ1) is 34.7. The van der Waals surface area contributed by atoms with Crippen LogP contribution in [0.25, 0.3) is 0 Å². The van der Waals surface area contributed by atoms with Crippen molar-refractivity contribution >= 4 is 81.5 Å². The summed E-state index contributed by atoms with van der Waals surface area (Å²) < 4.78 is 20.9. The number of esters is 2. The van der Waals surface area contributed by atoms with E-state index in [9.17, 15) is 9.59 Å². The molecule has 4 unspecified atom stereocenters. The Morgan fingerprint density at radius 2 is 1.00 bits per heavy atom. The third-order valence-corrected chi connectivity index (χ3v) is 6.72. The van der Waals surface area contributed by atoms with Gasteiger partial charge in [0.1, 0.15) is 17.6 Å². The third-order valence-electron chi connectivity index (χ3n) is 4.69. The summed E-state index contributed by atoms with van der Waals surface area (Å²) in [4.78, 5) is 23.3. The molecule has 0 aliphatic heterocycles. The van der Waals surface area contributed by atoms with Gasteiger partial charge in [-0.1, -0.05) is 76.5 Å². The number of hydrogen-bond acceptors (Lipinski definition) is 7. The van der Waals surface area contributed by atoms with Crippen LogP contribution in [0.1, 0.15) is 41.0 Å². The lowest BCUT2D eigenvalue weighted by molar-refractivity contribution is -0.157. The lowest BCUT2D eigenvalue weighted by atomic mass is 10.3. The van der Waals surface area contributed by atoms with Gasteiger partial charge in [-0.05, 0) is 46.2 Å². The Morgan fingerprint density at radius 1 is 0.658 bits per heavy atom. The molecular weight excluding hydrogens is 625 g/mol. The topological polar surface area (TPSA) is 91.3 Å². The van der Waals surface area contributed by atoms with E-state index in [0.717, 1.165) is 6.42 Å². The van der Waals surface area contributed by atoms with E-state index in [4.69, 9.17) is 93.7 Å². The van der Waals surface area contributed by atoms with Gasteiger partial charge in [0.05, 0.1) is 42.8 Å². The molecule has 2 aromatic rings. The van der Waals surface area contributed by atoms with Crippen LogP contribution in [0.2, 0.25) is 30.1 Å². The fourth-order valence-electron chi connectivity index (χ4n) is 2.38. The van der Waals surface area contributed by atoms with Gasteiger partial charge >= 0.3 is 11.9 Å². The minimum absolute atomic E-state index is 0.150. The Morgan fingerprint density at radius 3 is 1.34 bits per heavy atom. The van der Waals surface area contributed by atoms with E-state index in [0.29, 0.717) is 20.8 Å². The number of carbonyl (C=O) groups is 2. The van der Waals surface area contributed by atoms with Crippen LogP contribution in [0, 0.1) is 0 Å². The predicted octanol–water partition coefficient (Wildman–Crippen LogP) is 8.09. The summed E-state index contributed by atoms with van der Waals surface area (Å²) in [6.07, 6.45) is -1.66. The molecule has 13 heteroatoms. The van der Waals surface area contributed by atoms with Crippen molar-refractivity contribution in [2.75, 3.05) is 6.61 Å². The second-order valence-corrected chi connectivity index (χ2v) is 10.4. The Balaban J connectivity index is 0.000000380. The van der Waals surface area contributed by atoms with Crippen molar-refractivity contribution in [1.82, 2.24) is 0 Å². The molecule has 0 aliphatic carbocycles. The van der Waals surface area contributed by atoms with Gasteiger partial charge in [0, 0.05) is 12.1 Å². The summed E-state index contributed by atoms with van der Waals surface area (Å²) in [7, 11) is 0. The highest BCUT2D eigenvalue weighted by Crippen LogP contribution is 2.35. The normalized spacial score (nSPS) is 13.8. The van der Waals surface area contributed by atoms with Crippen molar-refractivity contribution in [3.05, 3.63) is 54.4 Å².